The minimum Gasteiger partial charge on any atom is -0.427 e. The molecule has 16 heavy (non-hydrogen) atoms. The molecule has 0 atom stereocenters. The van der Waals surface area contributed by atoms with Gasteiger partial charge in [-0.25, -0.2) is 4.79 Å². The lowest BCUT2D eigenvalue weighted by Gasteiger charge is -2.07. The van der Waals surface area contributed by atoms with Crippen LogP contribution in [0.1, 0.15) is 10.4 Å². The third kappa shape index (κ3) is 3.99. The molecule has 3 nitrogen and oxygen atoms in total. The first-order valence-electron chi connectivity index (χ1n) is 4.83. The summed E-state index contributed by atoms with van der Waals surface area (Å²) in [4.78, 5) is 11.5. The fourth-order valence-corrected chi connectivity index (χ4v) is 1.07. The van der Waals surface area contributed by atoms with Gasteiger partial charge in [0.25, 0.3) is 0 Å². The Kier molecular flexibility index (Phi) is 4.84. The summed E-state index contributed by atoms with van der Waals surface area (Å²) in [7, 11) is 0. The van der Waals surface area contributed by atoms with Crippen molar-refractivity contribution in [3.63, 3.8) is 0 Å². The molecular formula is C13H13NO2. The molecule has 0 fully saturated rings. The Balaban J connectivity index is 2.41. The van der Waals surface area contributed by atoms with Crippen molar-refractivity contribution in [1.29, 1.82) is 0 Å². The van der Waals surface area contributed by atoms with Crippen LogP contribution in [-0.2, 0) is 4.74 Å². The van der Waals surface area contributed by atoms with E-state index in [0.29, 0.717) is 24.4 Å². The summed E-state index contributed by atoms with van der Waals surface area (Å²) in [5.41, 5.74) is 0.501. The Labute approximate surface area is 95.1 Å². The number of esters is 1. The number of rotatable bonds is 5. The van der Waals surface area contributed by atoms with E-state index in [1.165, 1.54) is 0 Å². The van der Waals surface area contributed by atoms with Gasteiger partial charge in [0.05, 0.1) is 18.7 Å². The predicted molar refractivity (Wildman–Crippen MR) is 62.7 cm³/mol. The maximum atomic E-state index is 11.5. The van der Waals surface area contributed by atoms with Crippen molar-refractivity contribution in [2.24, 2.45) is 0 Å². The molecule has 0 heterocycles. The Morgan fingerprint density at radius 3 is 2.75 bits per heavy atom. The largest absolute Gasteiger partial charge is 0.427 e. The molecule has 0 bridgehead atoms. The van der Waals surface area contributed by atoms with Crippen molar-refractivity contribution in [1.82, 2.24) is 5.32 Å². The van der Waals surface area contributed by atoms with Crippen LogP contribution in [-0.4, -0.2) is 19.1 Å². The molecule has 1 N–H and O–H groups in total. The van der Waals surface area contributed by atoms with Gasteiger partial charge in [-0.05, 0) is 12.1 Å². The van der Waals surface area contributed by atoms with Crippen molar-refractivity contribution < 1.29 is 9.53 Å². The molecule has 1 aromatic rings. The van der Waals surface area contributed by atoms with Crippen LogP contribution < -0.4 is 5.32 Å². The van der Waals surface area contributed by atoms with E-state index in [1.54, 1.807) is 24.3 Å². The summed E-state index contributed by atoms with van der Waals surface area (Å²) in [5, 5.41) is 2.88. The van der Waals surface area contributed by atoms with Crippen molar-refractivity contribution in [2.75, 3.05) is 13.1 Å². The van der Waals surface area contributed by atoms with E-state index < -0.39 is 5.97 Å². The molecule has 82 valence electrons. The number of carbonyl (C=O) groups is 1. The SMILES string of the molecule is C#CCNCC(=C)OC(=O)c1ccccc1. The molecule has 0 amide bonds. The second kappa shape index (κ2) is 6.44. The van der Waals surface area contributed by atoms with Crippen molar-refractivity contribution in [3.8, 4) is 12.3 Å². The summed E-state index contributed by atoms with van der Waals surface area (Å²) in [6, 6.07) is 8.75. The molecule has 0 aromatic heterocycles. The number of hydrogen-bond donors (Lipinski definition) is 1. The smallest absolute Gasteiger partial charge is 0.343 e. The van der Waals surface area contributed by atoms with E-state index in [0.717, 1.165) is 0 Å². The van der Waals surface area contributed by atoms with Gasteiger partial charge in [0.2, 0.25) is 0 Å². The highest BCUT2D eigenvalue weighted by molar-refractivity contribution is 5.89. The number of nitrogens with one attached hydrogen (secondary N) is 1. The molecule has 0 saturated heterocycles. The fourth-order valence-electron chi connectivity index (χ4n) is 1.07. The van der Waals surface area contributed by atoms with Crippen LogP contribution in [0.2, 0.25) is 0 Å². The van der Waals surface area contributed by atoms with Crippen LogP contribution in [0.15, 0.2) is 42.7 Å². The van der Waals surface area contributed by atoms with Gasteiger partial charge >= 0.3 is 5.97 Å². The van der Waals surface area contributed by atoms with E-state index in [4.69, 9.17) is 11.2 Å². The first-order valence-corrected chi connectivity index (χ1v) is 4.83. The standard InChI is InChI=1S/C13H13NO2/c1-3-9-14-10-11(2)16-13(15)12-7-5-4-6-8-12/h1,4-8,14H,2,9-10H2. The van der Waals surface area contributed by atoms with Gasteiger partial charge in [0.15, 0.2) is 0 Å². The lowest BCUT2D eigenvalue weighted by Crippen LogP contribution is -2.19. The van der Waals surface area contributed by atoms with Gasteiger partial charge in [-0.3, -0.25) is 5.32 Å². The summed E-state index contributed by atoms with van der Waals surface area (Å²) < 4.78 is 5.02. The maximum absolute atomic E-state index is 11.5. The van der Waals surface area contributed by atoms with Gasteiger partial charge in [-0.1, -0.05) is 30.7 Å². The Hall–Kier alpha value is -2.05. The molecule has 0 aliphatic heterocycles. The zero-order valence-corrected chi connectivity index (χ0v) is 8.90. The van der Waals surface area contributed by atoms with Crippen LogP contribution in [0.25, 0.3) is 0 Å². The quantitative estimate of drug-likeness (QED) is 0.351. The Bertz CT molecular complexity index is 404. The van der Waals surface area contributed by atoms with Crippen LogP contribution in [0.3, 0.4) is 0 Å². The maximum Gasteiger partial charge on any atom is 0.343 e. The average molecular weight is 215 g/mol. The van der Waals surface area contributed by atoms with Crippen LogP contribution in [0.4, 0.5) is 0 Å². The lowest BCUT2D eigenvalue weighted by atomic mass is 10.2. The topological polar surface area (TPSA) is 38.3 Å². The summed E-state index contributed by atoms with van der Waals surface area (Å²) >= 11 is 0. The number of terminal acetylenes is 1. The van der Waals surface area contributed by atoms with E-state index in [2.05, 4.69) is 17.8 Å². The first kappa shape index (κ1) is 12.0. The Morgan fingerprint density at radius 1 is 1.44 bits per heavy atom. The molecular weight excluding hydrogens is 202 g/mol. The van der Waals surface area contributed by atoms with Crippen molar-refractivity contribution >= 4 is 5.97 Å². The molecule has 0 saturated carbocycles. The van der Waals surface area contributed by atoms with E-state index >= 15 is 0 Å². The summed E-state index contributed by atoms with van der Waals surface area (Å²) in [5.74, 6) is 2.36. The molecule has 0 unspecified atom stereocenters. The van der Waals surface area contributed by atoms with Gasteiger partial charge in [-0.15, -0.1) is 6.42 Å². The molecule has 3 heteroatoms. The highest BCUT2D eigenvalue weighted by Crippen LogP contribution is 2.04. The summed E-state index contributed by atoms with van der Waals surface area (Å²) in [6.07, 6.45) is 5.06. The number of ether oxygens (including phenoxy) is 1. The van der Waals surface area contributed by atoms with E-state index in [1.807, 2.05) is 6.07 Å². The summed E-state index contributed by atoms with van der Waals surface area (Å²) in [6.45, 7) is 4.40. The van der Waals surface area contributed by atoms with Crippen molar-refractivity contribution in [3.05, 3.63) is 48.2 Å². The van der Waals surface area contributed by atoms with Crippen molar-refractivity contribution in [2.45, 2.75) is 0 Å². The van der Waals surface area contributed by atoms with E-state index in [-0.39, 0.29) is 0 Å². The number of carbonyl (C=O) groups excluding carboxylic acids is 1. The molecule has 1 aromatic carbocycles. The lowest BCUT2D eigenvalue weighted by molar-refractivity contribution is 0.0620. The molecule has 1 rings (SSSR count). The van der Waals surface area contributed by atoms with Gasteiger partial charge in [0, 0.05) is 0 Å². The van der Waals surface area contributed by atoms with E-state index in [9.17, 15) is 4.79 Å². The minimum atomic E-state index is -0.409. The molecule has 0 aliphatic carbocycles. The molecule has 0 aliphatic rings. The second-order valence-corrected chi connectivity index (χ2v) is 3.10. The number of benzene rings is 1. The monoisotopic (exact) mass is 215 g/mol. The highest BCUT2D eigenvalue weighted by Gasteiger charge is 2.07. The zero-order chi connectivity index (χ0) is 11.8. The Morgan fingerprint density at radius 2 is 2.12 bits per heavy atom. The normalized spacial score (nSPS) is 9.19. The van der Waals surface area contributed by atoms with Crippen LogP contribution >= 0.6 is 0 Å². The average Bonchev–Trinajstić information content (AvgIpc) is 2.30. The van der Waals surface area contributed by atoms with Gasteiger partial charge in [-0.2, -0.15) is 0 Å². The third-order valence-corrected chi connectivity index (χ3v) is 1.80. The number of hydrogen-bond acceptors (Lipinski definition) is 3. The highest BCUT2D eigenvalue weighted by atomic mass is 16.5. The predicted octanol–water partition coefficient (Wildman–Crippen LogP) is 1.58. The fraction of sp³-hybridized carbons (Fsp3) is 0.154. The zero-order valence-electron chi connectivity index (χ0n) is 8.90. The van der Waals surface area contributed by atoms with Gasteiger partial charge in [0.1, 0.15) is 5.76 Å². The minimum absolute atomic E-state index is 0.351. The molecule has 0 radical (unpaired) electrons. The third-order valence-electron chi connectivity index (χ3n) is 1.80. The second-order valence-electron chi connectivity index (χ2n) is 3.10. The first-order chi connectivity index (χ1) is 7.74. The van der Waals surface area contributed by atoms with Crippen LogP contribution in [0.5, 0.6) is 0 Å². The molecule has 0 spiro atoms. The van der Waals surface area contributed by atoms with Crippen LogP contribution in [0, 0.1) is 12.3 Å². The van der Waals surface area contributed by atoms with Gasteiger partial charge < -0.3 is 4.74 Å².